The first kappa shape index (κ1) is 16.5. The lowest BCUT2D eigenvalue weighted by molar-refractivity contribution is 0.0478. The Balaban J connectivity index is 1.57. The van der Waals surface area contributed by atoms with Gasteiger partial charge in [-0.25, -0.2) is 4.79 Å². The molecule has 2 aromatic heterocycles. The molecule has 0 aliphatic heterocycles. The monoisotopic (exact) mass is 405 g/mol. The van der Waals surface area contributed by atoms with Crippen molar-refractivity contribution >= 4 is 44.1 Å². The van der Waals surface area contributed by atoms with E-state index in [1.807, 2.05) is 24.3 Å². The van der Waals surface area contributed by atoms with Crippen molar-refractivity contribution in [1.82, 2.24) is 0 Å². The van der Waals surface area contributed by atoms with Crippen LogP contribution >= 0.6 is 27.3 Å². The van der Waals surface area contributed by atoms with Gasteiger partial charge in [0, 0.05) is 4.47 Å². The number of nitrogens with one attached hydrogen (secondary N) is 1. The zero-order valence-corrected chi connectivity index (χ0v) is 14.7. The predicted molar refractivity (Wildman–Crippen MR) is 94.2 cm³/mol. The van der Waals surface area contributed by atoms with Crippen LogP contribution in [-0.4, -0.2) is 11.9 Å². The van der Waals surface area contributed by atoms with Gasteiger partial charge < -0.3 is 14.5 Å². The van der Waals surface area contributed by atoms with Crippen LogP contribution in [0.2, 0.25) is 0 Å². The second-order valence-electron chi connectivity index (χ2n) is 4.80. The number of hydrogen-bond acceptors (Lipinski definition) is 5. The number of hydrogen-bond donors (Lipinski definition) is 1. The van der Waals surface area contributed by atoms with E-state index >= 15 is 0 Å². The highest BCUT2D eigenvalue weighted by molar-refractivity contribution is 9.10. The molecule has 0 bridgehead atoms. The van der Waals surface area contributed by atoms with E-state index in [4.69, 9.17) is 9.15 Å². The molecule has 3 rings (SSSR count). The van der Waals surface area contributed by atoms with Crippen LogP contribution in [0.5, 0.6) is 0 Å². The molecule has 122 valence electrons. The summed E-state index contributed by atoms with van der Waals surface area (Å²) in [5.41, 5.74) is 0.898. The van der Waals surface area contributed by atoms with E-state index in [1.165, 1.54) is 6.26 Å². The lowest BCUT2D eigenvalue weighted by Gasteiger charge is -2.03. The smallest absolute Gasteiger partial charge is 0.348 e. The average Bonchev–Trinajstić information content (AvgIpc) is 3.26. The van der Waals surface area contributed by atoms with Crippen molar-refractivity contribution in [2.75, 3.05) is 5.32 Å². The Morgan fingerprint density at radius 2 is 1.92 bits per heavy atom. The van der Waals surface area contributed by atoms with Crippen LogP contribution in [0, 0.1) is 0 Å². The second-order valence-corrected chi connectivity index (χ2v) is 6.80. The Kier molecular flexibility index (Phi) is 5.12. The number of halogens is 1. The first-order valence-electron chi connectivity index (χ1n) is 6.98. The van der Waals surface area contributed by atoms with Crippen molar-refractivity contribution in [1.29, 1.82) is 0 Å². The van der Waals surface area contributed by atoms with E-state index in [9.17, 15) is 9.59 Å². The number of thiophene rings is 1. The average molecular weight is 406 g/mol. The number of rotatable bonds is 5. The van der Waals surface area contributed by atoms with Crippen molar-refractivity contribution in [3.8, 4) is 0 Å². The molecule has 0 atom stereocenters. The number of carbonyl (C=O) groups is 2. The highest BCUT2D eigenvalue weighted by Gasteiger charge is 2.14. The molecule has 24 heavy (non-hydrogen) atoms. The molecule has 1 aromatic carbocycles. The molecule has 1 amide bonds. The molecule has 0 aliphatic carbocycles. The molecule has 0 unspecified atom stereocenters. The molecule has 0 fully saturated rings. The van der Waals surface area contributed by atoms with E-state index in [0.717, 1.165) is 21.4 Å². The van der Waals surface area contributed by atoms with Gasteiger partial charge in [-0.2, -0.15) is 0 Å². The minimum atomic E-state index is -0.429. The summed E-state index contributed by atoms with van der Waals surface area (Å²) in [5, 5.41) is 3.22. The van der Waals surface area contributed by atoms with Gasteiger partial charge in [0.05, 0.1) is 11.3 Å². The Bertz CT molecular complexity index is 840. The molecule has 2 heterocycles. The van der Waals surface area contributed by atoms with E-state index in [-0.39, 0.29) is 18.3 Å². The molecule has 0 radical (unpaired) electrons. The van der Waals surface area contributed by atoms with Crippen LogP contribution in [0.25, 0.3) is 0 Å². The zero-order chi connectivity index (χ0) is 16.9. The molecular weight excluding hydrogens is 394 g/mol. The minimum absolute atomic E-state index is 0.193. The number of anilines is 1. The molecule has 0 spiro atoms. The van der Waals surface area contributed by atoms with Crippen LogP contribution in [0.15, 0.2) is 63.7 Å². The summed E-state index contributed by atoms with van der Waals surface area (Å²) in [6.45, 7) is 0.193. The Hall–Kier alpha value is -2.38. The van der Waals surface area contributed by atoms with Gasteiger partial charge in [0.2, 0.25) is 0 Å². The summed E-state index contributed by atoms with van der Waals surface area (Å²) in [4.78, 5) is 24.4. The van der Waals surface area contributed by atoms with Crippen LogP contribution < -0.4 is 5.32 Å². The van der Waals surface area contributed by atoms with Gasteiger partial charge in [0.25, 0.3) is 5.91 Å². The summed E-state index contributed by atoms with van der Waals surface area (Å²) < 4.78 is 11.3. The van der Waals surface area contributed by atoms with Gasteiger partial charge in [0.15, 0.2) is 5.76 Å². The standard InChI is InChI=1S/C17H12BrNO4S/c18-12-5-3-11(4-6-12)10-23-17(21)14-7-8-15(24-14)19-16(20)13-2-1-9-22-13/h1-9H,10H2,(H,19,20). The van der Waals surface area contributed by atoms with Gasteiger partial charge in [-0.05, 0) is 42.0 Å². The van der Waals surface area contributed by atoms with E-state index in [2.05, 4.69) is 21.2 Å². The molecule has 5 nitrogen and oxygen atoms in total. The second kappa shape index (κ2) is 7.46. The highest BCUT2D eigenvalue weighted by atomic mass is 79.9. The number of benzene rings is 1. The summed E-state index contributed by atoms with van der Waals surface area (Å²) in [5.74, 6) is -0.583. The fourth-order valence-corrected chi connectivity index (χ4v) is 2.96. The molecule has 7 heteroatoms. The Morgan fingerprint density at radius 3 is 2.62 bits per heavy atom. The van der Waals surface area contributed by atoms with E-state index < -0.39 is 5.97 Å². The van der Waals surface area contributed by atoms with Gasteiger partial charge in [-0.1, -0.05) is 28.1 Å². The van der Waals surface area contributed by atoms with Crippen LogP contribution in [-0.2, 0) is 11.3 Å². The largest absolute Gasteiger partial charge is 0.459 e. The van der Waals surface area contributed by atoms with Crippen LogP contribution in [0.4, 0.5) is 5.00 Å². The number of amides is 1. The Labute approximate surface area is 150 Å². The minimum Gasteiger partial charge on any atom is -0.459 e. The van der Waals surface area contributed by atoms with Crippen LogP contribution in [0.1, 0.15) is 25.8 Å². The van der Waals surface area contributed by atoms with E-state index in [0.29, 0.717) is 9.88 Å². The normalized spacial score (nSPS) is 10.4. The lowest BCUT2D eigenvalue weighted by atomic mass is 10.2. The summed E-state index contributed by atoms with van der Waals surface area (Å²) in [6, 6.07) is 14.0. The van der Waals surface area contributed by atoms with Crippen LogP contribution in [0.3, 0.4) is 0 Å². The third kappa shape index (κ3) is 4.12. The molecule has 0 aliphatic rings. The molecular formula is C17H12BrNO4S. The maximum atomic E-state index is 12.1. The van der Waals surface area contributed by atoms with Crippen molar-refractivity contribution in [3.63, 3.8) is 0 Å². The highest BCUT2D eigenvalue weighted by Crippen LogP contribution is 2.24. The molecule has 1 N–H and O–H groups in total. The lowest BCUT2D eigenvalue weighted by Crippen LogP contribution is -2.09. The van der Waals surface area contributed by atoms with Gasteiger partial charge >= 0.3 is 5.97 Å². The maximum absolute atomic E-state index is 12.1. The predicted octanol–water partition coefficient (Wildman–Crippen LogP) is 4.71. The van der Waals surface area contributed by atoms with Gasteiger partial charge in [-0.15, -0.1) is 11.3 Å². The first-order valence-corrected chi connectivity index (χ1v) is 8.59. The molecule has 0 saturated carbocycles. The maximum Gasteiger partial charge on any atom is 0.348 e. The fraction of sp³-hybridized carbons (Fsp3) is 0.0588. The third-order valence-electron chi connectivity index (χ3n) is 3.07. The van der Waals surface area contributed by atoms with Crippen molar-refractivity contribution in [2.45, 2.75) is 6.61 Å². The van der Waals surface area contributed by atoms with Crippen molar-refractivity contribution in [2.24, 2.45) is 0 Å². The number of esters is 1. The molecule has 0 saturated heterocycles. The SMILES string of the molecule is O=C(Nc1ccc(C(=O)OCc2ccc(Br)cc2)s1)c1ccco1. The number of carbonyl (C=O) groups excluding carboxylic acids is 2. The fourth-order valence-electron chi connectivity index (χ4n) is 1.90. The number of furan rings is 1. The Morgan fingerprint density at radius 1 is 1.12 bits per heavy atom. The zero-order valence-electron chi connectivity index (χ0n) is 12.3. The summed E-state index contributed by atoms with van der Waals surface area (Å²) in [6.07, 6.45) is 1.42. The molecule has 3 aromatic rings. The topological polar surface area (TPSA) is 68.5 Å². The van der Waals surface area contributed by atoms with Crippen molar-refractivity contribution in [3.05, 3.63) is 75.5 Å². The third-order valence-corrected chi connectivity index (χ3v) is 4.58. The van der Waals surface area contributed by atoms with Crippen molar-refractivity contribution < 1.29 is 18.7 Å². The van der Waals surface area contributed by atoms with Gasteiger partial charge in [-0.3, -0.25) is 4.79 Å². The first-order chi connectivity index (χ1) is 11.6. The summed E-state index contributed by atoms with van der Waals surface area (Å²) in [7, 11) is 0. The quantitative estimate of drug-likeness (QED) is 0.623. The summed E-state index contributed by atoms with van der Waals surface area (Å²) >= 11 is 4.50. The van der Waals surface area contributed by atoms with Gasteiger partial charge in [0.1, 0.15) is 11.5 Å². The number of ether oxygens (including phenoxy) is 1. The van der Waals surface area contributed by atoms with E-state index in [1.54, 1.807) is 24.3 Å².